The number of alkyl halides is 3. The van der Waals surface area contributed by atoms with Gasteiger partial charge in [0.15, 0.2) is 5.82 Å². The molecule has 1 aliphatic heterocycles. The molecule has 170 valence electrons. The van der Waals surface area contributed by atoms with Crippen molar-refractivity contribution in [3.63, 3.8) is 0 Å². The second-order valence-electron chi connectivity index (χ2n) is 7.20. The minimum atomic E-state index is -4.75. The van der Waals surface area contributed by atoms with Gasteiger partial charge in [0.1, 0.15) is 0 Å². The summed E-state index contributed by atoms with van der Waals surface area (Å²) in [5.41, 5.74) is -0.381. The predicted molar refractivity (Wildman–Crippen MR) is 110 cm³/mol. The lowest BCUT2D eigenvalue weighted by Crippen LogP contribution is -2.48. The molecule has 32 heavy (non-hydrogen) atoms. The molecule has 3 aromatic rings. The zero-order valence-electron chi connectivity index (χ0n) is 16.6. The minimum Gasteiger partial charge on any atom is -0.334 e. The average Bonchev–Trinajstić information content (AvgIpc) is 3.22. The zero-order chi connectivity index (χ0) is 22.9. The first kappa shape index (κ1) is 22.7. The zero-order valence-corrected chi connectivity index (χ0v) is 18.2. The molecule has 0 unspecified atom stereocenters. The first-order valence-corrected chi connectivity index (χ1v) is 11.4. The third kappa shape index (κ3) is 4.80. The molecule has 2 aromatic carbocycles. The van der Waals surface area contributed by atoms with Crippen molar-refractivity contribution >= 4 is 21.6 Å². The number of benzene rings is 2. The van der Waals surface area contributed by atoms with E-state index in [1.54, 1.807) is 0 Å². The standard InChI is InChI=1S/C20H18ClF3N4O3S/c21-17-7-6-15(12-16(17)20(22,23)24)32(29,30)28-10-8-27(9-11-28)13-18-25-19(31-26-18)14-4-2-1-3-5-14/h1-7,12H,8-11,13H2. The van der Waals surface area contributed by atoms with E-state index in [0.717, 1.165) is 17.7 Å². The summed E-state index contributed by atoms with van der Waals surface area (Å²) < 4.78 is 71.5. The molecule has 0 radical (unpaired) electrons. The van der Waals surface area contributed by atoms with Crippen LogP contribution in [0.1, 0.15) is 11.4 Å². The molecule has 0 spiro atoms. The van der Waals surface area contributed by atoms with Crippen molar-refractivity contribution in [2.75, 3.05) is 26.2 Å². The topological polar surface area (TPSA) is 79.5 Å². The van der Waals surface area contributed by atoms with E-state index in [1.807, 2.05) is 35.2 Å². The molecule has 0 atom stereocenters. The van der Waals surface area contributed by atoms with E-state index in [0.29, 0.717) is 37.4 Å². The van der Waals surface area contributed by atoms with Crippen LogP contribution >= 0.6 is 11.6 Å². The van der Waals surface area contributed by atoms with Crippen LogP contribution in [0.25, 0.3) is 11.5 Å². The molecule has 1 aromatic heterocycles. The average molecular weight is 487 g/mol. The van der Waals surface area contributed by atoms with E-state index in [1.165, 1.54) is 4.31 Å². The van der Waals surface area contributed by atoms with Gasteiger partial charge in [0.25, 0.3) is 5.89 Å². The predicted octanol–water partition coefficient (Wildman–Crippen LogP) is 3.92. The van der Waals surface area contributed by atoms with Gasteiger partial charge in [-0.15, -0.1) is 0 Å². The summed E-state index contributed by atoms with van der Waals surface area (Å²) in [6.45, 7) is 1.34. The number of sulfonamides is 1. The van der Waals surface area contributed by atoms with Gasteiger partial charge >= 0.3 is 6.18 Å². The van der Waals surface area contributed by atoms with Crippen LogP contribution in [-0.2, 0) is 22.7 Å². The fourth-order valence-electron chi connectivity index (χ4n) is 3.38. The Hall–Kier alpha value is -2.47. The quantitative estimate of drug-likeness (QED) is 0.544. The Morgan fingerprint density at radius 3 is 2.38 bits per heavy atom. The van der Waals surface area contributed by atoms with Crippen LogP contribution in [0.2, 0.25) is 5.02 Å². The molecule has 0 aliphatic carbocycles. The van der Waals surface area contributed by atoms with Gasteiger partial charge in [-0.2, -0.15) is 22.5 Å². The summed E-state index contributed by atoms with van der Waals surface area (Å²) in [7, 11) is -4.09. The number of nitrogens with zero attached hydrogens (tertiary/aromatic N) is 4. The van der Waals surface area contributed by atoms with Crippen molar-refractivity contribution in [1.29, 1.82) is 0 Å². The van der Waals surface area contributed by atoms with Crippen molar-refractivity contribution in [2.45, 2.75) is 17.6 Å². The first-order valence-electron chi connectivity index (χ1n) is 9.62. The van der Waals surface area contributed by atoms with Crippen molar-refractivity contribution in [1.82, 2.24) is 19.3 Å². The second-order valence-corrected chi connectivity index (χ2v) is 9.55. The second kappa shape index (κ2) is 8.81. The number of hydrogen-bond donors (Lipinski definition) is 0. The van der Waals surface area contributed by atoms with E-state index in [9.17, 15) is 21.6 Å². The maximum absolute atomic E-state index is 13.1. The van der Waals surface area contributed by atoms with Gasteiger partial charge in [0.2, 0.25) is 10.0 Å². The maximum atomic E-state index is 13.1. The number of hydrogen-bond acceptors (Lipinski definition) is 6. The summed E-state index contributed by atoms with van der Waals surface area (Å²) in [5.74, 6) is 0.859. The van der Waals surface area contributed by atoms with Gasteiger partial charge in [0.05, 0.1) is 22.0 Å². The van der Waals surface area contributed by atoms with Crippen LogP contribution in [-0.4, -0.2) is 53.9 Å². The molecule has 1 fully saturated rings. The molecule has 1 aliphatic rings. The normalized spacial score (nSPS) is 16.4. The summed E-state index contributed by atoms with van der Waals surface area (Å²) in [5, 5.41) is 3.42. The van der Waals surface area contributed by atoms with Crippen LogP contribution in [0.15, 0.2) is 57.9 Å². The summed E-state index contributed by atoms with van der Waals surface area (Å²) in [4.78, 5) is 5.88. The lowest BCUT2D eigenvalue weighted by molar-refractivity contribution is -0.137. The van der Waals surface area contributed by atoms with Crippen molar-refractivity contribution in [3.8, 4) is 11.5 Å². The number of piperazine rings is 1. The molecule has 4 rings (SSSR count). The first-order chi connectivity index (χ1) is 15.1. The van der Waals surface area contributed by atoms with E-state index >= 15 is 0 Å². The lowest BCUT2D eigenvalue weighted by atomic mass is 10.2. The van der Waals surface area contributed by atoms with Gasteiger partial charge in [-0.1, -0.05) is 35.0 Å². The molecule has 0 bridgehead atoms. The highest BCUT2D eigenvalue weighted by atomic mass is 35.5. The molecule has 12 heteroatoms. The molecular formula is C20H18ClF3N4O3S. The van der Waals surface area contributed by atoms with Crippen molar-refractivity contribution in [2.24, 2.45) is 0 Å². The van der Waals surface area contributed by atoms with Crippen LogP contribution < -0.4 is 0 Å². The van der Waals surface area contributed by atoms with Crippen LogP contribution in [0.3, 0.4) is 0 Å². The molecule has 0 saturated carbocycles. The number of halogens is 4. The van der Waals surface area contributed by atoms with E-state index < -0.39 is 31.7 Å². The van der Waals surface area contributed by atoms with E-state index in [2.05, 4.69) is 10.1 Å². The smallest absolute Gasteiger partial charge is 0.334 e. The minimum absolute atomic E-state index is 0.121. The van der Waals surface area contributed by atoms with Gasteiger partial charge in [-0.3, -0.25) is 4.90 Å². The molecule has 0 amide bonds. The molecule has 2 heterocycles. The SMILES string of the molecule is O=S(=O)(c1ccc(Cl)c(C(F)(F)F)c1)N1CCN(Cc2noc(-c3ccccc3)n2)CC1. The highest BCUT2D eigenvalue weighted by molar-refractivity contribution is 7.89. The van der Waals surface area contributed by atoms with E-state index in [-0.39, 0.29) is 13.1 Å². The largest absolute Gasteiger partial charge is 0.417 e. The Labute approximate surface area is 187 Å². The molecular weight excluding hydrogens is 469 g/mol. The van der Waals surface area contributed by atoms with Crippen LogP contribution in [0.5, 0.6) is 0 Å². The number of aromatic nitrogens is 2. The van der Waals surface area contributed by atoms with Gasteiger partial charge in [0, 0.05) is 31.7 Å². The summed E-state index contributed by atoms with van der Waals surface area (Å²) in [6.07, 6.45) is -4.75. The highest BCUT2D eigenvalue weighted by Crippen LogP contribution is 2.36. The Morgan fingerprint density at radius 2 is 1.72 bits per heavy atom. The summed E-state index contributed by atoms with van der Waals surface area (Å²) >= 11 is 5.60. The summed E-state index contributed by atoms with van der Waals surface area (Å²) in [6, 6.07) is 11.9. The molecule has 1 saturated heterocycles. The van der Waals surface area contributed by atoms with Crippen molar-refractivity contribution < 1.29 is 26.1 Å². The monoisotopic (exact) mass is 486 g/mol. The highest BCUT2D eigenvalue weighted by Gasteiger charge is 2.36. The Balaban J connectivity index is 1.41. The Kier molecular flexibility index (Phi) is 6.26. The van der Waals surface area contributed by atoms with Gasteiger partial charge in [-0.05, 0) is 30.3 Å². The Morgan fingerprint density at radius 1 is 1.03 bits per heavy atom. The third-order valence-electron chi connectivity index (χ3n) is 5.07. The molecule has 0 N–H and O–H groups in total. The van der Waals surface area contributed by atoms with Crippen LogP contribution in [0.4, 0.5) is 13.2 Å². The lowest BCUT2D eigenvalue weighted by Gasteiger charge is -2.33. The van der Waals surface area contributed by atoms with Crippen LogP contribution in [0, 0.1) is 0 Å². The fourth-order valence-corrected chi connectivity index (χ4v) is 5.05. The van der Waals surface area contributed by atoms with Gasteiger partial charge in [-0.25, -0.2) is 8.42 Å². The van der Waals surface area contributed by atoms with Crippen molar-refractivity contribution in [3.05, 3.63) is 64.9 Å². The van der Waals surface area contributed by atoms with Gasteiger partial charge < -0.3 is 4.52 Å². The third-order valence-corrected chi connectivity index (χ3v) is 7.29. The molecule has 7 nitrogen and oxygen atoms in total. The Bertz CT molecular complexity index is 1190. The maximum Gasteiger partial charge on any atom is 0.417 e. The fraction of sp³-hybridized carbons (Fsp3) is 0.300. The van der Waals surface area contributed by atoms with E-state index in [4.69, 9.17) is 16.1 Å². The number of rotatable bonds is 5.